The molecule has 3 nitrogen and oxygen atoms in total. The molecule has 0 amide bonds. The van der Waals surface area contributed by atoms with Crippen molar-refractivity contribution >= 4 is 11.8 Å². The van der Waals surface area contributed by atoms with Crippen LogP contribution in [0.5, 0.6) is 0 Å². The zero-order valence-electron chi connectivity index (χ0n) is 7.90. The molecule has 2 rings (SSSR count). The fourth-order valence-electron chi connectivity index (χ4n) is 1.78. The molecule has 0 aromatic carbocycles. The van der Waals surface area contributed by atoms with E-state index in [4.69, 9.17) is 10.5 Å². The first-order chi connectivity index (χ1) is 6.25. The second-order valence-electron chi connectivity index (χ2n) is 3.67. The molecular formula is C9H16N2OS. The topological polar surface area (TPSA) is 38.5 Å². The minimum absolute atomic E-state index is 0.126. The lowest BCUT2D eigenvalue weighted by Crippen LogP contribution is -2.36. The molecule has 0 radical (unpaired) electrons. The smallest absolute Gasteiger partial charge is 0.129 e. The van der Waals surface area contributed by atoms with E-state index in [2.05, 4.69) is 18.0 Å². The van der Waals surface area contributed by atoms with E-state index in [-0.39, 0.29) is 5.50 Å². The lowest BCUT2D eigenvalue weighted by Gasteiger charge is -2.23. The quantitative estimate of drug-likeness (QED) is 0.726. The van der Waals surface area contributed by atoms with Crippen molar-refractivity contribution in [2.45, 2.75) is 18.8 Å². The van der Waals surface area contributed by atoms with Gasteiger partial charge < -0.3 is 15.4 Å². The monoisotopic (exact) mass is 200 g/mol. The van der Waals surface area contributed by atoms with Gasteiger partial charge in [0.15, 0.2) is 0 Å². The molecule has 0 aliphatic carbocycles. The second-order valence-corrected chi connectivity index (χ2v) is 5.04. The highest BCUT2D eigenvalue weighted by Crippen LogP contribution is 2.30. The predicted octanol–water partition coefficient (Wildman–Crippen LogP) is 1.18. The summed E-state index contributed by atoms with van der Waals surface area (Å²) in [6.45, 7) is 4.98. The molecule has 2 N–H and O–H groups in total. The highest BCUT2D eigenvalue weighted by atomic mass is 32.2. The molecule has 0 bridgehead atoms. The van der Waals surface area contributed by atoms with E-state index in [1.807, 2.05) is 0 Å². The first-order valence-electron chi connectivity index (χ1n) is 4.70. The Kier molecular flexibility index (Phi) is 2.81. The maximum Gasteiger partial charge on any atom is 0.129 e. The summed E-state index contributed by atoms with van der Waals surface area (Å²) in [6.07, 6.45) is 3.34. The average molecular weight is 200 g/mol. The largest absolute Gasteiger partial charge is 0.381 e. The summed E-state index contributed by atoms with van der Waals surface area (Å²) < 4.78 is 5.33. The zero-order valence-corrected chi connectivity index (χ0v) is 8.72. The fourth-order valence-corrected chi connectivity index (χ4v) is 2.64. The fraction of sp³-hybridized carbons (Fsp3) is 0.778. The summed E-state index contributed by atoms with van der Waals surface area (Å²) in [4.78, 5) is 3.53. The SMILES string of the molecule is CC1=CN(CC2CCOC2)C(N)S1. The molecule has 2 aliphatic rings. The molecule has 2 atom stereocenters. The van der Waals surface area contributed by atoms with E-state index < -0.39 is 0 Å². The highest BCUT2D eigenvalue weighted by molar-refractivity contribution is 8.03. The third-order valence-electron chi connectivity index (χ3n) is 2.47. The van der Waals surface area contributed by atoms with E-state index in [0.717, 1.165) is 19.8 Å². The molecule has 4 heteroatoms. The van der Waals surface area contributed by atoms with Gasteiger partial charge in [-0.1, -0.05) is 11.8 Å². The third kappa shape index (κ3) is 2.18. The number of nitrogens with zero attached hydrogens (tertiary/aromatic N) is 1. The standard InChI is InChI=1S/C9H16N2OS/c1-7-4-11(9(10)13-7)5-8-2-3-12-6-8/h4,8-9H,2-3,5-6,10H2,1H3. The Morgan fingerprint density at radius 1 is 1.77 bits per heavy atom. The van der Waals surface area contributed by atoms with E-state index >= 15 is 0 Å². The van der Waals surface area contributed by atoms with Gasteiger partial charge in [0.1, 0.15) is 5.50 Å². The molecule has 2 unspecified atom stereocenters. The molecule has 0 spiro atoms. The molecule has 13 heavy (non-hydrogen) atoms. The molecule has 0 saturated carbocycles. The maximum absolute atomic E-state index is 5.94. The maximum atomic E-state index is 5.94. The van der Waals surface area contributed by atoms with Crippen molar-refractivity contribution in [3.8, 4) is 0 Å². The van der Waals surface area contributed by atoms with Crippen molar-refractivity contribution in [2.75, 3.05) is 19.8 Å². The number of nitrogens with two attached hydrogens (primary N) is 1. The summed E-state index contributed by atoms with van der Waals surface area (Å²) in [5.74, 6) is 0.675. The van der Waals surface area contributed by atoms with Crippen molar-refractivity contribution < 1.29 is 4.74 Å². The van der Waals surface area contributed by atoms with Crippen LogP contribution in [0, 0.1) is 5.92 Å². The molecule has 0 aromatic rings. The van der Waals surface area contributed by atoms with Crippen molar-refractivity contribution in [3.05, 3.63) is 11.1 Å². The van der Waals surface area contributed by atoms with Crippen molar-refractivity contribution in [1.29, 1.82) is 0 Å². The summed E-state index contributed by atoms with van der Waals surface area (Å²) in [5, 5.41) is 0. The van der Waals surface area contributed by atoms with Crippen LogP contribution in [-0.2, 0) is 4.74 Å². The average Bonchev–Trinajstić information content (AvgIpc) is 2.63. The molecule has 2 aliphatic heterocycles. The van der Waals surface area contributed by atoms with Crippen LogP contribution in [0.2, 0.25) is 0 Å². The van der Waals surface area contributed by atoms with Gasteiger partial charge in [-0.3, -0.25) is 0 Å². The van der Waals surface area contributed by atoms with Gasteiger partial charge in [-0.2, -0.15) is 0 Å². The lowest BCUT2D eigenvalue weighted by atomic mass is 10.1. The molecule has 0 aromatic heterocycles. The molecule has 74 valence electrons. The van der Waals surface area contributed by atoms with Gasteiger partial charge in [-0.25, -0.2) is 0 Å². The minimum atomic E-state index is 0.126. The first kappa shape index (κ1) is 9.37. The van der Waals surface area contributed by atoms with Crippen LogP contribution in [0.25, 0.3) is 0 Å². The van der Waals surface area contributed by atoms with Crippen LogP contribution in [0.4, 0.5) is 0 Å². The lowest BCUT2D eigenvalue weighted by molar-refractivity contribution is 0.176. The molecule has 1 fully saturated rings. The van der Waals surface area contributed by atoms with E-state index in [9.17, 15) is 0 Å². The van der Waals surface area contributed by atoms with Crippen LogP contribution >= 0.6 is 11.8 Å². The van der Waals surface area contributed by atoms with Gasteiger partial charge in [0.25, 0.3) is 0 Å². The van der Waals surface area contributed by atoms with Gasteiger partial charge in [-0.05, 0) is 13.3 Å². The number of rotatable bonds is 2. The van der Waals surface area contributed by atoms with Crippen molar-refractivity contribution in [2.24, 2.45) is 11.7 Å². The van der Waals surface area contributed by atoms with Gasteiger partial charge >= 0.3 is 0 Å². The van der Waals surface area contributed by atoms with Crippen LogP contribution in [-0.4, -0.2) is 30.2 Å². The zero-order chi connectivity index (χ0) is 9.26. The van der Waals surface area contributed by atoms with Crippen LogP contribution in [0.15, 0.2) is 11.1 Å². The molecule has 2 heterocycles. The first-order valence-corrected chi connectivity index (χ1v) is 5.58. The van der Waals surface area contributed by atoms with Crippen LogP contribution in [0.1, 0.15) is 13.3 Å². The van der Waals surface area contributed by atoms with Gasteiger partial charge in [-0.15, -0.1) is 0 Å². The minimum Gasteiger partial charge on any atom is -0.381 e. The van der Waals surface area contributed by atoms with E-state index in [1.165, 1.54) is 11.3 Å². The molecule has 1 saturated heterocycles. The van der Waals surface area contributed by atoms with Crippen molar-refractivity contribution in [3.63, 3.8) is 0 Å². The van der Waals surface area contributed by atoms with E-state index in [0.29, 0.717) is 5.92 Å². The number of hydrogen-bond acceptors (Lipinski definition) is 4. The van der Waals surface area contributed by atoms with Gasteiger partial charge in [0.2, 0.25) is 0 Å². The Hall–Kier alpha value is -0.190. The predicted molar refractivity (Wildman–Crippen MR) is 55.0 cm³/mol. The number of ether oxygens (including phenoxy) is 1. The second kappa shape index (κ2) is 3.90. The van der Waals surface area contributed by atoms with Crippen molar-refractivity contribution in [1.82, 2.24) is 4.90 Å². The Bertz CT molecular complexity index is 214. The number of thioether (sulfide) groups is 1. The normalized spacial score (nSPS) is 34.0. The van der Waals surface area contributed by atoms with Crippen LogP contribution < -0.4 is 5.73 Å². The summed E-state index contributed by atoms with van der Waals surface area (Å²) in [7, 11) is 0. The molecular weight excluding hydrogens is 184 g/mol. The number of hydrogen-bond donors (Lipinski definition) is 1. The summed E-state index contributed by atoms with van der Waals surface area (Å²) in [6, 6.07) is 0. The Balaban J connectivity index is 1.86. The Morgan fingerprint density at radius 3 is 3.15 bits per heavy atom. The summed E-state index contributed by atoms with van der Waals surface area (Å²) >= 11 is 1.74. The Morgan fingerprint density at radius 2 is 2.62 bits per heavy atom. The van der Waals surface area contributed by atoms with Gasteiger partial charge in [0.05, 0.1) is 6.61 Å². The van der Waals surface area contributed by atoms with Crippen LogP contribution in [0.3, 0.4) is 0 Å². The summed E-state index contributed by atoms with van der Waals surface area (Å²) in [5.41, 5.74) is 6.07. The van der Waals surface area contributed by atoms with Gasteiger partial charge in [0, 0.05) is 30.2 Å². The Labute approximate surface area is 83.3 Å². The highest BCUT2D eigenvalue weighted by Gasteiger charge is 2.24. The third-order valence-corrected chi connectivity index (χ3v) is 3.46. The van der Waals surface area contributed by atoms with E-state index in [1.54, 1.807) is 11.8 Å². The number of allylic oxidation sites excluding steroid dienone is 1.